The topological polar surface area (TPSA) is 71.1 Å². The average molecular weight is 324 g/mol. The number of hydrogen-bond acceptors (Lipinski definition) is 3. The molecule has 0 spiro atoms. The molecular weight excluding hydrogens is 313 g/mol. The number of aromatic nitrogens is 1. The van der Waals surface area contributed by atoms with Crippen molar-refractivity contribution in [3.63, 3.8) is 0 Å². The normalized spacial score (nSPS) is 10.0. The summed E-state index contributed by atoms with van der Waals surface area (Å²) in [4.78, 5) is 26.8. The molecule has 21 heavy (non-hydrogen) atoms. The smallest absolute Gasteiger partial charge is 0.257 e. The van der Waals surface area contributed by atoms with Crippen molar-refractivity contribution < 1.29 is 9.59 Å². The average Bonchev–Trinajstić information content (AvgIpc) is 2.43. The molecule has 2 rings (SSSR count). The van der Waals surface area contributed by atoms with E-state index in [1.165, 1.54) is 19.2 Å². The van der Waals surface area contributed by atoms with Gasteiger partial charge in [0.25, 0.3) is 5.91 Å². The Morgan fingerprint density at radius 3 is 2.19 bits per heavy atom. The molecule has 0 bridgehead atoms. The minimum atomic E-state index is -0.392. The summed E-state index contributed by atoms with van der Waals surface area (Å²) < 4.78 is 0. The molecule has 7 heteroatoms. The van der Waals surface area contributed by atoms with E-state index in [1.54, 1.807) is 24.3 Å². The van der Waals surface area contributed by atoms with Crippen LogP contribution in [-0.4, -0.2) is 16.8 Å². The van der Waals surface area contributed by atoms with Gasteiger partial charge in [0, 0.05) is 24.5 Å². The van der Waals surface area contributed by atoms with Gasteiger partial charge in [-0.2, -0.15) is 0 Å². The van der Waals surface area contributed by atoms with E-state index in [2.05, 4.69) is 15.6 Å². The fraction of sp³-hybridized carbons (Fsp3) is 0.0714. The monoisotopic (exact) mass is 323 g/mol. The second kappa shape index (κ2) is 6.56. The molecule has 1 heterocycles. The van der Waals surface area contributed by atoms with Crippen LogP contribution in [0.15, 0.2) is 36.5 Å². The molecule has 1 aromatic heterocycles. The maximum atomic E-state index is 12.1. The highest BCUT2D eigenvalue weighted by molar-refractivity contribution is 6.35. The van der Waals surface area contributed by atoms with Crippen molar-refractivity contribution >= 4 is 46.4 Å². The molecule has 0 radical (unpaired) electrons. The summed E-state index contributed by atoms with van der Waals surface area (Å²) in [5.74, 6) is -0.554. The number of carbonyl (C=O) groups excluding carboxylic acids is 2. The molecule has 5 nitrogen and oxygen atoms in total. The minimum Gasteiger partial charge on any atom is -0.326 e. The molecule has 0 saturated heterocycles. The third kappa shape index (κ3) is 4.18. The number of hydrogen-bond donors (Lipinski definition) is 2. The number of benzene rings is 1. The van der Waals surface area contributed by atoms with Gasteiger partial charge in [-0.05, 0) is 30.3 Å². The number of nitrogens with one attached hydrogen (secondary N) is 2. The van der Waals surface area contributed by atoms with E-state index in [0.717, 1.165) is 0 Å². The molecule has 0 aliphatic heterocycles. The first-order chi connectivity index (χ1) is 9.95. The number of amides is 2. The second-order valence-electron chi connectivity index (χ2n) is 4.20. The lowest BCUT2D eigenvalue weighted by atomic mass is 10.2. The molecule has 0 aliphatic rings. The Labute approximate surface area is 131 Å². The van der Waals surface area contributed by atoms with E-state index < -0.39 is 5.91 Å². The Bertz CT molecular complexity index is 687. The van der Waals surface area contributed by atoms with Crippen molar-refractivity contribution in [1.82, 2.24) is 4.98 Å². The predicted octanol–water partition coefficient (Wildman–Crippen LogP) is 3.60. The summed E-state index contributed by atoms with van der Waals surface area (Å²) in [7, 11) is 0. The predicted molar refractivity (Wildman–Crippen MR) is 83.0 cm³/mol. The molecule has 0 saturated carbocycles. The lowest BCUT2D eigenvalue weighted by Gasteiger charge is -2.08. The summed E-state index contributed by atoms with van der Waals surface area (Å²) >= 11 is 11.7. The van der Waals surface area contributed by atoms with Gasteiger partial charge in [0.2, 0.25) is 5.91 Å². The fourth-order valence-corrected chi connectivity index (χ4v) is 1.97. The molecule has 2 amide bonds. The zero-order chi connectivity index (χ0) is 15.4. The first-order valence-electron chi connectivity index (χ1n) is 5.96. The molecule has 0 atom stereocenters. The zero-order valence-corrected chi connectivity index (χ0v) is 12.5. The molecule has 0 fully saturated rings. The molecule has 2 aromatic rings. The number of rotatable bonds is 3. The molecule has 108 valence electrons. The molecule has 0 aliphatic carbocycles. The van der Waals surface area contributed by atoms with Gasteiger partial charge in [-0.25, -0.2) is 4.98 Å². The van der Waals surface area contributed by atoms with E-state index in [9.17, 15) is 9.59 Å². The Morgan fingerprint density at radius 2 is 1.62 bits per heavy atom. The maximum Gasteiger partial charge on any atom is 0.257 e. The van der Waals surface area contributed by atoms with Crippen LogP contribution in [0.2, 0.25) is 10.2 Å². The van der Waals surface area contributed by atoms with Gasteiger partial charge in [0.1, 0.15) is 5.15 Å². The SMILES string of the molecule is CC(=O)Nc1ccc(NC(=O)c2cc(Cl)ncc2Cl)cc1. The summed E-state index contributed by atoms with van der Waals surface area (Å²) in [6.07, 6.45) is 1.32. The van der Waals surface area contributed by atoms with Crippen LogP contribution in [-0.2, 0) is 4.79 Å². The highest BCUT2D eigenvalue weighted by Crippen LogP contribution is 2.20. The van der Waals surface area contributed by atoms with E-state index in [1.807, 2.05) is 0 Å². The van der Waals surface area contributed by atoms with Gasteiger partial charge >= 0.3 is 0 Å². The second-order valence-corrected chi connectivity index (χ2v) is 4.99. The van der Waals surface area contributed by atoms with Gasteiger partial charge in [-0.15, -0.1) is 0 Å². The Morgan fingerprint density at radius 1 is 1.05 bits per heavy atom. The number of carbonyl (C=O) groups is 2. The third-order valence-electron chi connectivity index (χ3n) is 2.53. The largest absolute Gasteiger partial charge is 0.326 e. The van der Waals surface area contributed by atoms with Gasteiger partial charge in [0.15, 0.2) is 0 Å². The first kappa shape index (κ1) is 15.3. The van der Waals surface area contributed by atoms with Crippen molar-refractivity contribution in [2.75, 3.05) is 10.6 Å². The van der Waals surface area contributed by atoms with Crippen LogP contribution in [0.25, 0.3) is 0 Å². The number of pyridine rings is 1. The highest BCUT2D eigenvalue weighted by atomic mass is 35.5. The lowest BCUT2D eigenvalue weighted by molar-refractivity contribution is -0.114. The zero-order valence-electron chi connectivity index (χ0n) is 11.0. The fourth-order valence-electron chi connectivity index (χ4n) is 1.63. The third-order valence-corrected chi connectivity index (χ3v) is 3.04. The Kier molecular flexibility index (Phi) is 4.77. The quantitative estimate of drug-likeness (QED) is 0.848. The first-order valence-corrected chi connectivity index (χ1v) is 6.71. The standard InChI is InChI=1S/C14H11Cl2N3O2/c1-8(20)18-9-2-4-10(5-3-9)19-14(21)11-6-13(16)17-7-12(11)15/h2-7H,1H3,(H,18,20)(H,19,21). The van der Waals surface area contributed by atoms with Crippen LogP contribution >= 0.6 is 23.2 Å². The number of anilines is 2. The van der Waals surface area contributed by atoms with Gasteiger partial charge in [-0.1, -0.05) is 23.2 Å². The van der Waals surface area contributed by atoms with Crippen LogP contribution in [0.3, 0.4) is 0 Å². The van der Waals surface area contributed by atoms with Gasteiger partial charge in [0.05, 0.1) is 10.6 Å². The van der Waals surface area contributed by atoms with Crippen LogP contribution < -0.4 is 10.6 Å². The summed E-state index contributed by atoms with van der Waals surface area (Å²) in [5.41, 5.74) is 1.45. The lowest BCUT2D eigenvalue weighted by Crippen LogP contribution is -2.13. The van der Waals surface area contributed by atoms with Crippen LogP contribution in [0.1, 0.15) is 17.3 Å². The Hall–Kier alpha value is -2.11. The van der Waals surface area contributed by atoms with E-state index in [-0.39, 0.29) is 21.6 Å². The summed E-state index contributed by atoms with van der Waals surface area (Å²) in [6, 6.07) is 8.08. The molecular formula is C14H11Cl2N3O2. The van der Waals surface area contributed by atoms with Crippen LogP contribution in [0, 0.1) is 0 Å². The van der Waals surface area contributed by atoms with Gasteiger partial charge in [-0.3, -0.25) is 9.59 Å². The van der Waals surface area contributed by atoms with Crippen molar-refractivity contribution in [2.45, 2.75) is 6.92 Å². The van der Waals surface area contributed by atoms with Crippen molar-refractivity contribution in [2.24, 2.45) is 0 Å². The Balaban J connectivity index is 2.12. The number of nitrogens with zero attached hydrogens (tertiary/aromatic N) is 1. The van der Waals surface area contributed by atoms with Crippen molar-refractivity contribution in [3.05, 3.63) is 52.3 Å². The van der Waals surface area contributed by atoms with Crippen molar-refractivity contribution in [1.29, 1.82) is 0 Å². The number of halogens is 2. The molecule has 2 N–H and O–H groups in total. The van der Waals surface area contributed by atoms with Crippen LogP contribution in [0.5, 0.6) is 0 Å². The van der Waals surface area contributed by atoms with E-state index in [0.29, 0.717) is 11.4 Å². The molecule has 1 aromatic carbocycles. The minimum absolute atomic E-state index is 0.162. The van der Waals surface area contributed by atoms with Crippen molar-refractivity contribution in [3.8, 4) is 0 Å². The van der Waals surface area contributed by atoms with Gasteiger partial charge < -0.3 is 10.6 Å². The van der Waals surface area contributed by atoms with Crippen LogP contribution in [0.4, 0.5) is 11.4 Å². The van der Waals surface area contributed by atoms with E-state index in [4.69, 9.17) is 23.2 Å². The maximum absolute atomic E-state index is 12.1. The summed E-state index contributed by atoms with van der Waals surface area (Å²) in [6.45, 7) is 1.42. The highest BCUT2D eigenvalue weighted by Gasteiger charge is 2.12. The summed E-state index contributed by atoms with van der Waals surface area (Å²) in [5, 5.41) is 5.72. The molecule has 0 unspecified atom stereocenters. The van der Waals surface area contributed by atoms with E-state index >= 15 is 0 Å².